The molecule has 0 saturated heterocycles. The summed E-state index contributed by atoms with van der Waals surface area (Å²) in [4.78, 5) is 38.3. The maximum Gasteiger partial charge on any atom is 0.340 e. The van der Waals surface area contributed by atoms with E-state index in [-0.39, 0.29) is 37.0 Å². The van der Waals surface area contributed by atoms with Gasteiger partial charge in [0, 0.05) is 25.6 Å². The van der Waals surface area contributed by atoms with E-state index in [0.717, 1.165) is 0 Å². The van der Waals surface area contributed by atoms with E-state index in [1.807, 2.05) is 6.92 Å². The number of nitrogens with zero attached hydrogens (tertiary/aromatic N) is 1. The number of carbonyl (C=O) groups is 3. The van der Waals surface area contributed by atoms with Crippen LogP contribution >= 0.6 is 0 Å². The van der Waals surface area contributed by atoms with E-state index < -0.39 is 5.97 Å². The zero-order chi connectivity index (χ0) is 20.2. The highest BCUT2D eigenvalue weighted by Crippen LogP contribution is 2.24. The zero-order valence-electron chi connectivity index (χ0n) is 16.0. The predicted octanol–water partition coefficient (Wildman–Crippen LogP) is 2.34. The van der Waals surface area contributed by atoms with Gasteiger partial charge in [0.25, 0.3) is 5.91 Å². The Hall–Kier alpha value is -2.51. The molecule has 27 heavy (non-hydrogen) atoms. The summed E-state index contributed by atoms with van der Waals surface area (Å²) in [6, 6.07) is 4.61. The number of hydrogen-bond acceptors (Lipinski definition) is 6. The summed E-state index contributed by atoms with van der Waals surface area (Å²) in [6.45, 7) is 6.00. The van der Waals surface area contributed by atoms with Crippen LogP contribution in [0.4, 0.5) is 5.69 Å². The lowest BCUT2D eigenvalue weighted by molar-refractivity contribution is -0.122. The Balaban J connectivity index is 3.10. The van der Waals surface area contributed by atoms with Crippen molar-refractivity contribution in [1.82, 2.24) is 0 Å². The molecule has 0 atom stereocenters. The van der Waals surface area contributed by atoms with E-state index >= 15 is 0 Å². The Morgan fingerprint density at radius 2 is 2.00 bits per heavy atom. The lowest BCUT2D eigenvalue weighted by atomic mass is 10.0. The van der Waals surface area contributed by atoms with Crippen molar-refractivity contribution in [3.05, 3.63) is 42.0 Å². The molecule has 0 aliphatic carbocycles. The second-order valence-corrected chi connectivity index (χ2v) is 5.91. The number of carbonyl (C=O) groups excluding carboxylic acids is 3. The predicted molar refractivity (Wildman–Crippen MR) is 104 cm³/mol. The Bertz CT molecular complexity index is 672. The summed E-state index contributed by atoms with van der Waals surface area (Å²) in [7, 11) is 1.53. The number of nitrogens with two attached hydrogens (primary N) is 1. The molecular formula is C20H28N2O5. The van der Waals surface area contributed by atoms with Crippen molar-refractivity contribution in [2.75, 3.05) is 38.3 Å². The monoisotopic (exact) mass is 376 g/mol. The summed E-state index contributed by atoms with van der Waals surface area (Å²) in [5, 5.41) is 0. The molecular weight excluding hydrogens is 348 g/mol. The van der Waals surface area contributed by atoms with Crippen LogP contribution in [0, 0.1) is 0 Å². The van der Waals surface area contributed by atoms with Crippen LogP contribution in [0.1, 0.15) is 46.9 Å². The fourth-order valence-corrected chi connectivity index (χ4v) is 2.31. The van der Waals surface area contributed by atoms with Crippen molar-refractivity contribution in [2.45, 2.75) is 26.2 Å². The Morgan fingerprint density at radius 3 is 2.63 bits per heavy atom. The third kappa shape index (κ3) is 6.96. The molecule has 0 saturated carbocycles. The molecule has 0 aromatic heterocycles. The third-order valence-corrected chi connectivity index (χ3v) is 3.79. The first-order valence-corrected chi connectivity index (χ1v) is 8.95. The number of amides is 1. The molecule has 1 amide bonds. The summed E-state index contributed by atoms with van der Waals surface area (Å²) in [6.07, 6.45) is 3.43. The topological polar surface area (TPSA) is 98.9 Å². The number of esters is 1. The minimum Gasteiger partial charge on any atom is -0.461 e. The Kier molecular flexibility index (Phi) is 10.00. The van der Waals surface area contributed by atoms with E-state index in [4.69, 9.17) is 15.2 Å². The molecule has 148 valence electrons. The molecule has 0 heterocycles. The van der Waals surface area contributed by atoms with Gasteiger partial charge in [-0.25, -0.2) is 4.79 Å². The smallest absolute Gasteiger partial charge is 0.340 e. The van der Waals surface area contributed by atoms with Gasteiger partial charge in [0.2, 0.25) is 0 Å². The molecule has 7 heteroatoms. The van der Waals surface area contributed by atoms with Crippen LogP contribution in [0.2, 0.25) is 0 Å². The number of benzene rings is 1. The van der Waals surface area contributed by atoms with Crippen molar-refractivity contribution in [2.24, 2.45) is 5.73 Å². The first kappa shape index (κ1) is 22.5. The summed E-state index contributed by atoms with van der Waals surface area (Å²) >= 11 is 0. The van der Waals surface area contributed by atoms with Crippen molar-refractivity contribution < 1.29 is 23.9 Å². The molecule has 0 unspecified atom stereocenters. The van der Waals surface area contributed by atoms with Gasteiger partial charge in [-0.15, -0.1) is 6.58 Å². The first-order valence-electron chi connectivity index (χ1n) is 8.95. The van der Waals surface area contributed by atoms with Crippen LogP contribution in [0.25, 0.3) is 0 Å². The van der Waals surface area contributed by atoms with Crippen LogP contribution in [0.3, 0.4) is 0 Å². The van der Waals surface area contributed by atoms with Crippen LogP contribution in [-0.2, 0) is 14.3 Å². The second kappa shape index (κ2) is 12.0. The van der Waals surface area contributed by atoms with Crippen LogP contribution in [0.5, 0.6) is 0 Å². The highest BCUT2D eigenvalue weighted by atomic mass is 16.5. The summed E-state index contributed by atoms with van der Waals surface area (Å²) in [5.41, 5.74) is 6.30. The third-order valence-electron chi connectivity index (χ3n) is 3.79. The molecule has 1 rings (SSSR count). The van der Waals surface area contributed by atoms with E-state index in [2.05, 4.69) is 6.58 Å². The fraction of sp³-hybridized carbons (Fsp3) is 0.450. The van der Waals surface area contributed by atoms with Gasteiger partial charge in [-0.1, -0.05) is 19.1 Å². The average Bonchev–Trinajstić information content (AvgIpc) is 2.68. The van der Waals surface area contributed by atoms with Gasteiger partial charge in [0.1, 0.15) is 13.2 Å². The largest absolute Gasteiger partial charge is 0.461 e. The molecule has 0 fully saturated rings. The lowest BCUT2D eigenvalue weighted by Crippen LogP contribution is -2.32. The molecule has 0 aliphatic heterocycles. The van der Waals surface area contributed by atoms with Crippen LogP contribution in [0.15, 0.2) is 30.9 Å². The quantitative estimate of drug-likeness (QED) is 0.260. The zero-order valence-corrected chi connectivity index (χ0v) is 16.0. The number of likely N-dealkylation sites (N-methyl/N-ethyl adjacent to an activating group) is 1. The minimum absolute atomic E-state index is 0.0521. The molecule has 1 aromatic rings. The molecule has 0 spiro atoms. The van der Waals surface area contributed by atoms with E-state index in [1.165, 1.54) is 18.0 Å². The SMILES string of the molecule is C=CCCOCC(=O)N(C)c1cc(C(=O)CCC)ccc1C(=O)OCCN. The average molecular weight is 376 g/mol. The molecule has 1 aromatic carbocycles. The number of Topliss-reactive ketones (excluding diaryl/α,β-unsaturated/α-hetero) is 1. The molecule has 0 radical (unpaired) electrons. The van der Waals surface area contributed by atoms with Crippen molar-refractivity contribution in [1.29, 1.82) is 0 Å². The minimum atomic E-state index is -0.600. The number of anilines is 1. The highest BCUT2D eigenvalue weighted by Gasteiger charge is 2.21. The van der Waals surface area contributed by atoms with Gasteiger partial charge in [-0.2, -0.15) is 0 Å². The van der Waals surface area contributed by atoms with Crippen molar-refractivity contribution in [3.8, 4) is 0 Å². The second-order valence-electron chi connectivity index (χ2n) is 5.91. The van der Waals surface area contributed by atoms with Gasteiger partial charge in [0.15, 0.2) is 5.78 Å². The molecule has 0 bridgehead atoms. The summed E-state index contributed by atoms with van der Waals surface area (Å²) < 4.78 is 10.4. The van der Waals surface area contributed by atoms with Gasteiger partial charge >= 0.3 is 5.97 Å². The maximum absolute atomic E-state index is 12.4. The number of rotatable bonds is 12. The van der Waals surface area contributed by atoms with Gasteiger partial charge < -0.3 is 20.1 Å². The van der Waals surface area contributed by atoms with Crippen molar-refractivity contribution >= 4 is 23.3 Å². The van der Waals surface area contributed by atoms with E-state index in [9.17, 15) is 14.4 Å². The lowest BCUT2D eigenvalue weighted by Gasteiger charge is -2.21. The standard InChI is InChI=1S/C20H28N2O5/c1-4-6-11-26-14-19(24)22(3)17-13-15(18(23)7-5-2)8-9-16(17)20(25)27-12-10-21/h4,8-9,13H,1,5-7,10-12,14,21H2,2-3H3. The van der Waals surface area contributed by atoms with Gasteiger partial charge in [0.05, 0.1) is 17.9 Å². The molecule has 0 aliphatic rings. The summed E-state index contributed by atoms with van der Waals surface area (Å²) in [5.74, 6) is -0.993. The number of ketones is 1. The normalized spacial score (nSPS) is 10.3. The number of hydrogen-bond donors (Lipinski definition) is 1. The van der Waals surface area contributed by atoms with Gasteiger partial charge in [-0.3, -0.25) is 9.59 Å². The first-order chi connectivity index (χ1) is 13.0. The van der Waals surface area contributed by atoms with Crippen molar-refractivity contribution in [3.63, 3.8) is 0 Å². The molecule has 7 nitrogen and oxygen atoms in total. The number of ether oxygens (including phenoxy) is 2. The highest BCUT2D eigenvalue weighted by molar-refractivity contribution is 6.05. The van der Waals surface area contributed by atoms with E-state index in [0.29, 0.717) is 37.1 Å². The Morgan fingerprint density at radius 1 is 1.26 bits per heavy atom. The van der Waals surface area contributed by atoms with Gasteiger partial charge in [-0.05, 0) is 25.0 Å². The Labute approximate surface area is 160 Å². The fourth-order valence-electron chi connectivity index (χ4n) is 2.31. The molecule has 2 N–H and O–H groups in total. The van der Waals surface area contributed by atoms with E-state index in [1.54, 1.807) is 18.2 Å². The maximum atomic E-state index is 12.4. The van der Waals surface area contributed by atoms with Crippen LogP contribution < -0.4 is 10.6 Å². The van der Waals surface area contributed by atoms with Crippen LogP contribution in [-0.4, -0.2) is 51.1 Å².